The van der Waals surface area contributed by atoms with Gasteiger partial charge < -0.3 is 21.2 Å². The van der Waals surface area contributed by atoms with Crippen LogP contribution in [0.15, 0.2) is 5.16 Å². The van der Waals surface area contributed by atoms with Gasteiger partial charge in [-0.05, 0) is 44.9 Å². The number of piperidine rings is 1. The first-order valence-corrected chi connectivity index (χ1v) is 6.57. The van der Waals surface area contributed by atoms with E-state index in [1.807, 2.05) is 6.92 Å². The van der Waals surface area contributed by atoms with Crippen molar-refractivity contribution in [2.45, 2.75) is 26.7 Å². The number of nitrogens with zero attached hydrogens (tertiary/aromatic N) is 2. The molecule has 0 aromatic heterocycles. The van der Waals surface area contributed by atoms with Crippen molar-refractivity contribution in [1.82, 2.24) is 10.2 Å². The standard InChI is InChI=1S/C12H26N4O/c1-3-16-6-4-11(5-7-16)9-14-8-10(2)12(13)15-17/h10-11,14,17H,3-9H2,1-2H3,(H2,13,15). The van der Waals surface area contributed by atoms with Crippen LogP contribution in [0.25, 0.3) is 0 Å². The van der Waals surface area contributed by atoms with Crippen LogP contribution in [-0.4, -0.2) is 48.7 Å². The Hall–Kier alpha value is -0.810. The van der Waals surface area contributed by atoms with Crippen molar-refractivity contribution in [1.29, 1.82) is 0 Å². The summed E-state index contributed by atoms with van der Waals surface area (Å²) in [6.45, 7) is 9.61. The number of nitrogens with one attached hydrogen (secondary N) is 1. The largest absolute Gasteiger partial charge is 0.409 e. The van der Waals surface area contributed by atoms with Gasteiger partial charge in [0, 0.05) is 12.5 Å². The van der Waals surface area contributed by atoms with E-state index >= 15 is 0 Å². The van der Waals surface area contributed by atoms with Crippen LogP contribution in [0, 0.1) is 11.8 Å². The predicted molar refractivity (Wildman–Crippen MR) is 70.3 cm³/mol. The first-order chi connectivity index (χ1) is 8.17. The Bertz CT molecular complexity index is 237. The molecule has 1 heterocycles. The van der Waals surface area contributed by atoms with Crippen molar-refractivity contribution >= 4 is 5.84 Å². The first-order valence-electron chi connectivity index (χ1n) is 6.57. The number of amidine groups is 1. The normalized spacial score (nSPS) is 21.6. The molecule has 1 rings (SSSR count). The zero-order valence-electron chi connectivity index (χ0n) is 11.0. The Kier molecular flexibility index (Phi) is 6.29. The van der Waals surface area contributed by atoms with Crippen LogP contribution in [-0.2, 0) is 0 Å². The average Bonchev–Trinajstić information content (AvgIpc) is 2.38. The Morgan fingerprint density at radius 2 is 2.18 bits per heavy atom. The molecule has 5 nitrogen and oxygen atoms in total. The molecule has 1 saturated heterocycles. The molecule has 0 spiro atoms. The van der Waals surface area contributed by atoms with E-state index in [1.54, 1.807) is 0 Å². The van der Waals surface area contributed by atoms with E-state index in [4.69, 9.17) is 10.9 Å². The Morgan fingerprint density at radius 1 is 1.53 bits per heavy atom. The van der Waals surface area contributed by atoms with Gasteiger partial charge in [0.2, 0.25) is 0 Å². The minimum absolute atomic E-state index is 0.0933. The summed E-state index contributed by atoms with van der Waals surface area (Å²) in [4.78, 5) is 2.50. The summed E-state index contributed by atoms with van der Waals surface area (Å²) in [7, 11) is 0. The van der Waals surface area contributed by atoms with Crippen LogP contribution in [0.3, 0.4) is 0 Å². The minimum atomic E-state index is 0.0933. The fourth-order valence-corrected chi connectivity index (χ4v) is 2.21. The zero-order valence-corrected chi connectivity index (χ0v) is 11.0. The Balaban J connectivity index is 2.12. The van der Waals surface area contributed by atoms with Crippen LogP contribution < -0.4 is 11.1 Å². The van der Waals surface area contributed by atoms with Crippen molar-refractivity contribution < 1.29 is 5.21 Å². The van der Waals surface area contributed by atoms with Gasteiger partial charge in [-0.1, -0.05) is 19.0 Å². The number of rotatable bonds is 6. The monoisotopic (exact) mass is 242 g/mol. The lowest BCUT2D eigenvalue weighted by Gasteiger charge is -2.31. The quantitative estimate of drug-likeness (QED) is 0.277. The molecule has 100 valence electrons. The van der Waals surface area contributed by atoms with Crippen LogP contribution in [0.4, 0.5) is 0 Å². The number of nitrogens with two attached hydrogens (primary N) is 1. The maximum atomic E-state index is 8.54. The SMILES string of the molecule is CCN1CCC(CNCC(C)C(N)=NO)CC1. The molecule has 1 aliphatic rings. The third kappa shape index (κ3) is 4.91. The van der Waals surface area contributed by atoms with Crippen molar-refractivity contribution in [2.24, 2.45) is 22.7 Å². The van der Waals surface area contributed by atoms with Crippen LogP contribution in [0.5, 0.6) is 0 Å². The van der Waals surface area contributed by atoms with Crippen molar-refractivity contribution in [3.05, 3.63) is 0 Å². The lowest BCUT2D eigenvalue weighted by atomic mass is 9.96. The molecule has 0 aromatic rings. The molecule has 4 N–H and O–H groups in total. The molecule has 5 heteroatoms. The summed E-state index contributed by atoms with van der Waals surface area (Å²) in [6, 6.07) is 0. The van der Waals surface area contributed by atoms with E-state index in [0.29, 0.717) is 5.84 Å². The highest BCUT2D eigenvalue weighted by Gasteiger charge is 2.17. The zero-order chi connectivity index (χ0) is 12.7. The molecule has 1 fully saturated rings. The highest BCUT2D eigenvalue weighted by Crippen LogP contribution is 2.15. The summed E-state index contributed by atoms with van der Waals surface area (Å²) in [5.74, 6) is 1.17. The first kappa shape index (κ1) is 14.3. The summed E-state index contributed by atoms with van der Waals surface area (Å²) >= 11 is 0. The lowest BCUT2D eigenvalue weighted by molar-refractivity contribution is 0.190. The van der Waals surface area contributed by atoms with Gasteiger partial charge in [-0.2, -0.15) is 0 Å². The van der Waals surface area contributed by atoms with Gasteiger partial charge in [-0.25, -0.2) is 0 Å². The maximum absolute atomic E-state index is 8.54. The summed E-state index contributed by atoms with van der Waals surface area (Å²) in [6.07, 6.45) is 2.55. The minimum Gasteiger partial charge on any atom is -0.409 e. The number of hydrogen-bond donors (Lipinski definition) is 3. The van der Waals surface area contributed by atoms with Gasteiger partial charge in [-0.15, -0.1) is 0 Å². The average molecular weight is 242 g/mol. The van der Waals surface area contributed by atoms with E-state index in [-0.39, 0.29) is 5.92 Å². The van der Waals surface area contributed by atoms with E-state index in [0.717, 1.165) is 19.0 Å². The molecule has 0 bridgehead atoms. The van der Waals surface area contributed by atoms with Gasteiger partial charge in [0.05, 0.1) is 0 Å². The Morgan fingerprint density at radius 3 is 2.71 bits per heavy atom. The molecule has 0 radical (unpaired) electrons. The predicted octanol–water partition coefficient (Wildman–Crippen LogP) is 0.690. The molecule has 0 saturated carbocycles. The second-order valence-electron chi connectivity index (χ2n) is 4.96. The lowest BCUT2D eigenvalue weighted by Crippen LogP contribution is -2.39. The molecule has 1 atom stereocenters. The van der Waals surface area contributed by atoms with E-state index < -0.39 is 0 Å². The van der Waals surface area contributed by atoms with E-state index in [2.05, 4.69) is 22.3 Å². The molecule has 1 aliphatic heterocycles. The number of hydrogen-bond acceptors (Lipinski definition) is 4. The van der Waals surface area contributed by atoms with Crippen molar-refractivity contribution in [3.8, 4) is 0 Å². The van der Waals surface area contributed by atoms with Crippen molar-refractivity contribution in [3.63, 3.8) is 0 Å². The van der Waals surface area contributed by atoms with Crippen LogP contribution in [0.1, 0.15) is 26.7 Å². The topological polar surface area (TPSA) is 73.9 Å². The van der Waals surface area contributed by atoms with Gasteiger partial charge in [0.25, 0.3) is 0 Å². The van der Waals surface area contributed by atoms with Gasteiger partial charge in [0.15, 0.2) is 0 Å². The highest BCUT2D eigenvalue weighted by molar-refractivity contribution is 5.82. The van der Waals surface area contributed by atoms with Gasteiger partial charge in [0.1, 0.15) is 5.84 Å². The van der Waals surface area contributed by atoms with E-state index in [1.165, 1.54) is 32.5 Å². The summed E-state index contributed by atoms with van der Waals surface area (Å²) in [5.41, 5.74) is 5.53. The van der Waals surface area contributed by atoms with E-state index in [9.17, 15) is 0 Å². The second-order valence-corrected chi connectivity index (χ2v) is 4.96. The fourth-order valence-electron chi connectivity index (χ4n) is 2.21. The maximum Gasteiger partial charge on any atom is 0.143 e. The molecular weight excluding hydrogens is 216 g/mol. The number of likely N-dealkylation sites (tertiary alicyclic amines) is 1. The third-order valence-electron chi connectivity index (χ3n) is 3.66. The van der Waals surface area contributed by atoms with Crippen LogP contribution in [0.2, 0.25) is 0 Å². The third-order valence-corrected chi connectivity index (χ3v) is 3.66. The molecule has 0 amide bonds. The fraction of sp³-hybridized carbons (Fsp3) is 0.917. The summed E-state index contributed by atoms with van der Waals surface area (Å²) < 4.78 is 0. The number of oxime groups is 1. The molecular formula is C12H26N4O. The molecule has 1 unspecified atom stereocenters. The smallest absolute Gasteiger partial charge is 0.143 e. The molecule has 17 heavy (non-hydrogen) atoms. The Labute approximate surface area is 104 Å². The van der Waals surface area contributed by atoms with Gasteiger partial charge in [-0.3, -0.25) is 0 Å². The van der Waals surface area contributed by atoms with Crippen molar-refractivity contribution in [2.75, 3.05) is 32.7 Å². The highest BCUT2D eigenvalue weighted by atomic mass is 16.4. The summed E-state index contributed by atoms with van der Waals surface area (Å²) in [5, 5.41) is 15.0. The molecule has 0 aromatic carbocycles. The second kappa shape index (κ2) is 7.50. The molecule has 0 aliphatic carbocycles. The van der Waals surface area contributed by atoms with Crippen LogP contribution >= 0.6 is 0 Å². The van der Waals surface area contributed by atoms with Gasteiger partial charge >= 0.3 is 0 Å².